The number of esters is 1. The summed E-state index contributed by atoms with van der Waals surface area (Å²) in [6.07, 6.45) is 1.89. The molecule has 0 bridgehead atoms. The van der Waals surface area contributed by atoms with Gasteiger partial charge in [0.1, 0.15) is 0 Å². The molecule has 0 amide bonds. The number of piperidine rings is 1. The van der Waals surface area contributed by atoms with Gasteiger partial charge in [0, 0.05) is 12.5 Å². The predicted molar refractivity (Wildman–Crippen MR) is 73.0 cm³/mol. The zero-order valence-electron chi connectivity index (χ0n) is 12.5. The maximum atomic E-state index is 11.8. The molecule has 1 aromatic rings. The normalized spacial score (nSPS) is 20.3. The number of ether oxygens (including phenoxy) is 1. The fourth-order valence-electron chi connectivity index (χ4n) is 2.41. The van der Waals surface area contributed by atoms with Crippen LogP contribution in [-0.4, -0.2) is 40.7 Å². The highest BCUT2D eigenvalue weighted by Gasteiger charge is 2.27. The third kappa shape index (κ3) is 3.79. The molecule has 0 radical (unpaired) electrons. The Balaban J connectivity index is 1.90. The van der Waals surface area contributed by atoms with E-state index in [0.29, 0.717) is 25.6 Å². The average Bonchev–Trinajstić information content (AvgIpc) is 2.88. The number of nitrogens with zero attached hydrogens (tertiary/aromatic N) is 3. The molecule has 20 heavy (non-hydrogen) atoms. The second-order valence-corrected chi connectivity index (χ2v) is 5.53. The summed E-state index contributed by atoms with van der Waals surface area (Å²) in [5, 5.41) is 3.96. The molecule has 1 aliphatic heterocycles. The van der Waals surface area contributed by atoms with E-state index in [-0.39, 0.29) is 17.8 Å². The fourth-order valence-corrected chi connectivity index (χ4v) is 2.41. The van der Waals surface area contributed by atoms with E-state index in [1.165, 1.54) is 0 Å². The van der Waals surface area contributed by atoms with Crippen molar-refractivity contribution in [2.24, 2.45) is 5.92 Å². The van der Waals surface area contributed by atoms with E-state index in [0.717, 1.165) is 25.2 Å². The van der Waals surface area contributed by atoms with Crippen molar-refractivity contribution in [3.05, 3.63) is 11.7 Å². The van der Waals surface area contributed by atoms with Crippen LogP contribution in [0, 0.1) is 5.92 Å². The highest BCUT2D eigenvalue weighted by molar-refractivity contribution is 5.72. The SMILES string of the molecule is CCOC(=O)[C@@H]1CCCN(Cc2nc(C(C)C)no2)C1. The summed E-state index contributed by atoms with van der Waals surface area (Å²) >= 11 is 0. The van der Waals surface area contributed by atoms with Crippen LogP contribution in [0.3, 0.4) is 0 Å². The van der Waals surface area contributed by atoms with Crippen molar-refractivity contribution in [1.29, 1.82) is 0 Å². The van der Waals surface area contributed by atoms with Crippen LogP contribution in [0.25, 0.3) is 0 Å². The first-order chi connectivity index (χ1) is 9.60. The number of carbonyl (C=O) groups excluding carboxylic acids is 1. The second-order valence-electron chi connectivity index (χ2n) is 5.53. The van der Waals surface area contributed by atoms with E-state index in [9.17, 15) is 4.79 Å². The summed E-state index contributed by atoms with van der Waals surface area (Å²) in [5.41, 5.74) is 0. The Labute approximate surface area is 119 Å². The van der Waals surface area contributed by atoms with Crippen molar-refractivity contribution in [2.75, 3.05) is 19.7 Å². The van der Waals surface area contributed by atoms with Crippen LogP contribution in [0.1, 0.15) is 51.2 Å². The van der Waals surface area contributed by atoms with Gasteiger partial charge in [0.05, 0.1) is 19.1 Å². The van der Waals surface area contributed by atoms with Crippen LogP contribution in [0.5, 0.6) is 0 Å². The van der Waals surface area contributed by atoms with Gasteiger partial charge in [0.25, 0.3) is 0 Å². The lowest BCUT2D eigenvalue weighted by atomic mass is 9.98. The third-order valence-corrected chi connectivity index (χ3v) is 3.48. The molecule has 2 rings (SSSR count). The Bertz CT molecular complexity index is 445. The topological polar surface area (TPSA) is 68.5 Å². The smallest absolute Gasteiger partial charge is 0.310 e. The molecular weight excluding hydrogens is 258 g/mol. The molecular formula is C14H23N3O3. The van der Waals surface area contributed by atoms with Crippen molar-refractivity contribution in [3.8, 4) is 0 Å². The van der Waals surface area contributed by atoms with Crippen LogP contribution in [-0.2, 0) is 16.1 Å². The zero-order chi connectivity index (χ0) is 14.5. The molecule has 1 atom stereocenters. The monoisotopic (exact) mass is 281 g/mol. The summed E-state index contributed by atoms with van der Waals surface area (Å²) in [6, 6.07) is 0. The van der Waals surface area contributed by atoms with Crippen molar-refractivity contribution in [1.82, 2.24) is 15.0 Å². The Morgan fingerprint density at radius 1 is 1.55 bits per heavy atom. The summed E-state index contributed by atoms with van der Waals surface area (Å²) in [5.74, 6) is 1.50. The first-order valence-electron chi connectivity index (χ1n) is 7.31. The largest absolute Gasteiger partial charge is 0.466 e. The van der Waals surface area contributed by atoms with E-state index < -0.39 is 0 Å². The zero-order valence-corrected chi connectivity index (χ0v) is 12.5. The van der Waals surface area contributed by atoms with Gasteiger partial charge in [-0.25, -0.2) is 0 Å². The Hall–Kier alpha value is -1.43. The van der Waals surface area contributed by atoms with E-state index in [4.69, 9.17) is 9.26 Å². The van der Waals surface area contributed by atoms with Crippen molar-refractivity contribution < 1.29 is 14.1 Å². The molecule has 1 aliphatic rings. The van der Waals surface area contributed by atoms with Gasteiger partial charge in [-0.3, -0.25) is 9.69 Å². The first kappa shape index (κ1) is 15.0. The Morgan fingerprint density at radius 2 is 2.35 bits per heavy atom. The van der Waals surface area contributed by atoms with Crippen LogP contribution < -0.4 is 0 Å². The van der Waals surface area contributed by atoms with Gasteiger partial charge in [0.15, 0.2) is 5.82 Å². The standard InChI is InChI=1S/C14H23N3O3/c1-4-19-14(18)11-6-5-7-17(8-11)9-12-15-13(10(2)3)16-20-12/h10-11H,4-9H2,1-3H3/t11-/m1/s1. The number of aromatic nitrogens is 2. The van der Waals surface area contributed by atoms with Crippen molar-refractivity contribution in [3.63, 3.8) is 0 Å². The average molecular weight is 281 g/mol. The van der Waals surface area contributed by atoms with Gasteiger partial charge >= 0.3 is 5.97 Å². The van der Waals surface area contributed by atoms with Crippen LogP contribution >= 0.6 is 0 Å². The van der Waals surface area contributed by atoms with Crippen LogP contribution in [0.15, 0.2) is 4.52 Å². The summed E-state index contributed by atoms with van der Waals surface area (Å²) in [6.45, 7) is 8.61. The number of rotatable bonds is 5. The molecule has 6 heteroatoms. The molecule has 0 saturated carbocycles. The quantitative estimate of drug-likeness (QED) is 0.769. The van der Waals surface area contributed by atoms with Crippen molar-refractivity contribution >= 4 is 5.97 Å². The van der Waals surface area contributed by atoms with Crippen molar-refractivity contribution in [2.45, 2.75) is 46.1 Å². The molecule has 1 aromatic heterocycles. The molecule has 0 aliphatic carbocycles. The van der Waals surface area contributed by atoms with Gasteiger partial charge < -0.3 is 9.26 Å². The molecule has 0 unspecified atom stereocenters. The molecule has 0 aromatic carbocycles. The highest BCUT2D eigenvalue weighted by atomic mass is 16.5. The van der Waals surface area contributed by atoms with Crippen LogP contribution in [0.4, 0.5) is 0 Å². The van der Waals surface area contributed by atoms with E-state index in [1.54, 1.807) is 0 Å². The van der Waals surface area contributed by atoms with Gasteiger partial charge in [0.2, 0.25) is 5.89 Å². The maximum absolute atomic E-state index is 11.8. The second kappa shape index (κ2) is 6.83. The molecule has 1 saturated heterocycles. The van der Waals surface area contributed by atoms with Gasteiger partial charge in [-0.15, -0.1) is 0 Å². The minimum absolute atomic E-state index is 0.0313. The number of hydrogen-bond donors (Lipinski definition) is 0. The lowest BCUT2D eigenvalue weighted by molar-refractivity contribution is -0.150. The highest BCUT2D eigenvalue weighted by Crippen LogP contribution is 2.20. The number of hydrogen-bond acceptors (Lipinski definition) is 6. The van der Waals surface area contributed by atoms with E-state index in [2.05, 4.69) is 15.0 Å². The lowest BCUT2D eigenvalue weighted by Gasteiger charge is -2.30. The minimum atomic E-state index is -0.0920. The summed E-state index contributed by atoms with van der Waals surface area (Å²) < 4.78 is 10.4. The molecule has 0 N–H and O–H groups in total. The minimum Gasteiger partial charge on any atom is -0.466 e. The molecule has 112 valence electrons. The summed E-state index contributed by atoms with van der Waals surface area (Å²) in [7, 11) is 0. The first-order valence-corrected chi connectivity index (χ1v) is 7.31. The van der Waals surface area contributed by atoms with E-state index >= 15 is 0 Å². The summed E-state index contributed by atoms with van der Waals surface area (Å²) in [4.78, 5) is 18.3. The van der Waals surface area contributed by atoms with Gasteiger partial charge in [-0.05, 0) is 26.3 Å². The Morgan fingerprint density at radius 3 is 3.00 bits per heavy atom. The number of carbonyl (C=O) groups is 1. The Kier molecular flexibility index (Phi) is 5.11. The fraction of sp³-hybridized carbons (Fsp3) is 0.786. The molecule has 0 spiro atoms. The molecule has 6 nitrogen and oxygen atoms in total. The van der Waals surface area contributed by atoms with E-state index in [1.807, 2.05) is 20.8 Å². The number of likely N-dealkylation sites (tertiary alicyclic amines) is 1. The molecule has 2 heterocycles. The maximum Gasteiger partial charge on any atom is 0.310 e. The lowest BCUT2D eigenvalue weighted by Crippen LogP contribution is -2.39. The van der Waals surface area contributed by atoms with Gasteiger partial charge in [-0.1, -0.05) is 19.0 Å². The van der Waals surface area contributed by atoms with Crippen LogP contribution in [0.2, 0.25) is 0 Å². The van der Waals surface area contributed by atoms with Gasteiger partial charge in [-0.2, -0.15) is 4.98 Å². The third-order valence-electron chi connectivity index (χ3n) is 3.48. The predicted octanol–water partition coefficient (Wildman–Crippen LogP) is 1.97. The molecule has 1 fully saturated rings.